The van der Waals surface area contributed by atoms with Crippen LogP contribution in [0.25, 0.3) is 10.6 Å². The Morgan fingerprint density at radius 3 is 2.62 bits per heavy atom. The molecule has 0 bridgehead atoms. The number of nitro groups is 1. The normalized spacial score (nSPS) is 10.4. The molecule has 0 atom stereocenters. The highest BCUT2D eigenvalue weighted by Gasteiger charge is 2.16. The molecule has 2 aromatic carbocycles. The van der Waals surface area contributed by atoms with E-state index in [0.29, 0.717) is 21.3 Å². The molecular formula is C16H11ClN4O4S. The van der Waals surface area contributed by atoms with E-state index in [2.05, 4.69) is 15.5 Å². The van der Waals surface area contributed by atoms with Crippen LogP contribution in [-0.4, -0.2) is 28.1 Å². The van der Waals surface area contributed by atoms with E-state index in [4.69, 9.17) is 16.3 Å². The van der Waals surface area contributed by atoms with Crippen LogP contribution in [0.15, 0.2) is 42.5 Å². The molecule has 132 valence electrons. The maximum Gasteiger partial charge on any atom is 0.269 e. The van der Waals surface area contributed by atoms with E-state index in [1.807, 2.05) is 0 Å². The summed E-state index contributed by atoms with van der Waals surface area (Å²) in [5.74, 6) is -0.0530. The SMILES string of the molecule is COc1ccc(Cl)cc1C(=O)Nc1nnc(-c2ccc([N+](=O)[O-])cc2)s1. The van der Waals surface area contributed by atoms with Crippen molar-refractivity contribution >= 4 is 39.7 Å². The van der Waals surface area contributed by atoms with Gasteiger partial charge >= 0.3 is 0 Å². The van der Waals surface area contributed by atoms with Crippen molar-refractivity contribution in [3.05, 3.63) is 63.2 Å². The predicted octanol–water partition coefficient (Wildman–Crippen LogP) is 4.03. The molecule has 0 aliphatic heterocycles. The van der Waals surface area contributed by atoms with Gasteiger partial charge in [-0.1, -0.05) is 22.9 Å². The van der Waals surface area contributed by atoms with Crippen LogP contribution in [0.5, 0.6) is 5.75 Å². The number of aromatic nitrogens is 2. The van der Waals surface area contributed by atoms with Crippen molar-refractivity contribution in [3.8, 4) is 16.3 Å². The number of benzene rings is 2. The second-order valence-corrected chi connectivity index (χ2v) is 6.43. The molecule has 1 N–H and O–H groups in total. The number of carbonyl (C=O) groups excluding carboxylic acids is 1. The topological polar surface area (TPSA) is 107 Å². The summed E-state index contributed by atoms with van der Waals surface area (Å²) in [5, 5.41) is 22.5. The van der Waals surface area contributed by atoms with Gasteiger partial charge in [0.05, 0.1) is 17.6 Å². The number of amides is 1. The van der Waals surface area contributed by atoms with Gasteiger partial charge in [-0.05, 0) is 30.3 Å². The number of non-ortho nitro benzene ring substituents is 1. The van der Waals surface area contributed by atoms with Crippen molar-refractivity contribution < 1.29 is 14.5 Å². The lowest BCUT2D eigenvalue weighted by Crippen LogP contribution is -2.13. The van der Waals surface area contributed by atoms with E-state index in [1.54, 1.807) is 24.3 Å². The zero-order valence-electron chi connectivity index (χ0n) is 13.3. The van der Waals surface area contributed by atoms with Crippen LogP contribution in [-0.2, 0) is 0 Å². The van der Waals surface area contributed by atoms with Gasteiger partial charge in [-0.25, -0.2) is 0 Å². The molecule has 0 unspecified atom stereocenters. The molecule has 3 aromatic rings. The molecule has 3 rings (SSSR count). The predicted molar refractivity (Wildman–Crippen MR) is 98.0 cm³/mol. The molecule has 1 aromatic heterocycles. The first kappa shape index (κ1) is 17.8. The number of anilines is 1. The zero-order valence-corrected chi connectivity index (χ0v) is 14.9. The number of carbonyl (C=O) groups is 1. The standard InChI is InChI=1S/C16H11ClN4O4S/c1-25-13-7-4-10(17)8-12(13)14(22)18-16-20-19-15(26-16)9-2-5-11(6-3-9)21(23)24/h2-8H,1H3,(H,18,20,22). The largest absolute Gasteiger partial charge is 0.496 e. The summed E-state index contributed by atoms with van der Waals surface area (Å²) in [6.45, 7) is 0. The van der Waals surface area contributed by atoms with Crippen LogP contribution >= 0.6 is 22.9 Å². The number of nitrogens with zero attached hydrogens (tertiary/aromatic N) is 3. The van der Waals surface area contributed by atoms with Crippen molar-refractivity contribution in [1.82, 2.24) is 10.2 Å². The Bertz CT molecular complexity index is 975. The van der Waals surface area contributed by atoms with Gasteiger partial charge in [0.15, 0.2) is 0 Å². The van der Waals surface area contributed by atoms with E-state index in [-0.39, 0.29) is 16.4 Å². The molecule has 1 amide bonds. The van der Waals surface area contributed by atoms with Crippen LogP contribution < -0.4 is 10.1 Å². The summed E-state index contributed by atoms with van der Waals surface area (Å²) in [7, 11) is 1.46. The summed E-state index contributed by atoms with van der Waals surface area (Å²) in [4.78, 5) is 22.6. The van der Waals surface area contributed by atoms with Gasteiger partial charge in [0, 0.05) is 22.7 Å². The summed E-state index contributed by atoms with van der Waals surface area (Å²) in [6.07, 6.45) is 0. The fourth-order valence-corrected chi connectivity index (χ4v) is 3.05. The third kappa shape index (κ3) is 3.79. The Kier molecular flexibility index (Phi) is 5.10. The Balaban J connectivity index is 1.79. The first-order valence-corrected chi connectivity index (χ1v) is 8.40. The van der Waals surface area contributed by atoms with Gasteiger partial charge in [-0.15, -0.1) is 10.2 Å². The number of methoxy groups -OCH3 is 1. The number of nitro benzene ring substituents is 1. The highest BCUT2D eigenvalue weighted by atomic mass is 35.5. The molecule has 0 fully saturated rings. The molecule has 1 heterocycles. The highest BCUT2D eigenvalue weighted by molar-refractivity contribution is 7.18. The van der Waals surface area contributed by atoms with Gasteiger partial charge in [0.2, 0.25) is 5.13 Å². The van der Waals surface area contributed by atoms with Crippen molar-refractivity contribution in [2.45, 2.75) is 0 Å². The fraction of sp³-hybridized carbons (Fsp3) is 0.0625. The number of hydrogen-bond acceptors (Lipinski definition) is 7. The maximum absolute atomic E-state index is 12.4. The molecule has 26 heavy (non-hydrogen) atoms. The van der Waals surface area contributed by atoms with E-state index >= 15 is 0 Å². The molecule has 10 heteroatoms. The number of rotatable bonds is 5. The minimum absolute atomic E-state index is 0.0140. The van der Waals surface area contributed by atoms with Gasteiger partial charge in [-0.3, -0.25) is 20.2 Å². The van der Waals surface area contributed by atoms with Gasteiger partial charge in [0.1, 0.15) is 10.8 Å². The molecular weight excluding hydrogens is 380 g/mol. The van der Waals surface area contributed by atoms with Gasteiger partial charge < -0.3 is 4.74 Å². The summed E-state index contributed by atoms with van der Waals surface area (Å²) < 4.78 is 5.16. The van der Waals surface area contributed by atoms with E-state index in [0.717, 1.165) is 11.3 Å². The van der Waals surface area contributed by atoms with Gasteiger partial charge in [0.25, 0.3) is 11.6 Å². The average molecular weight is 391 g/mol. The minimum Gasteiger partial charge on any atom is -0.496 e. The first-order valence-electron chi connectivity index (χ1n) is 7.21. The number of ether oxygens (including phenoxy) is 1. The highest BCUT2D eigenvalue weighted by Crippen LogP contribution is 2.29. The third-order valence-electron chi connectivity index (χ3n) is 3.38. The van der Waals surface area contributed by atoms with Crippen LogP contribution in [0.4, 0.5) is 10.8 Å². The van der Waals surface area contributed by atoms with Crippen LogP contribution in [0.1, 0.15) is 10.4 Å². The Hall–Kier alpha value is -3.04. The van der Waals surface area contributed by atoms with Crippen LogP contribution in [0.2, 0.25) is 5.02 Å². The van der Waals surface area contributed by atoms with Crippen molar-refractivity contribution in [1.29, 1.82) is 0 Å². The van der Waals surface area contributed by atoms with Crippen LogP contribution in [0.3, 0.4) is 0 Å². The lowest BCUT2D eigenvalue weighted by molar-refractivity contribution is -0.384. The van der Waals surface area contributed by atoms with Gasteiger partial charge in [-0.2, -0.15) is 0 Å². The number of halogens is 1. The van der Waals surface area contributed by atoms with Crippen molar-refractivity contribution in [2.75, 3.05) is 12.4 Å². The average Bonchev–Trinajstić information content (AvgIpc) is 3.10. The zero-order chi connectivity index (χ0) is 18.7. The molecule has 0 spiro atoms. The molecule has 0 aliphatic carbocycles. The summed E-state index contributed by atoms with van der Waals surface area (Å²) in [5.41, 5.74) is 0.917. The van der Waals surface area contributed by atoms with Crippen molar-refractivity contribution in [2.24, 2.45) is 0 Å². The molecule has 0 aliphatic rings. The third-order valence-corrected chi connectivity index (χ3v) is 4.50. The Morgan fingerprint density at radius 2 is 1.96 bits per heavy atom. The lowest BCUT2D eigenvalue weighted by atomic mass is 10.2. The number of hydrogen-bond donors (Lipinski definition) is 1. The first-order chi connectivity index (χ1) is 12.5. The quantitative estimate of drug-likeness (QED) is 0.520. The molecule has 8 nitrogen and oxygen atoms in total. The summed E-state index contributed by atoms with van der Waals surface area (Å²) in [6, 6.07) is 10.6. The van der Waals surface area contributed by atoms with Crippen LogP contribution in [0, 0.1) is 10.1 Å². The smallest absolute Gasteiger partial charge is 0.269 e. The van der Waals surface area contributed by atoms with E-state index in [9.17, 15) is 14.9 Å². The van der Waals surface area contributed by atoms with E-state index in [1.165, 1.54) is 25.3 Å². The monoisotopic (exact) mass is 390 g/mol. The summed E-state index contributed by atoms with van der Waals surface area (Å²) >= 11 is 7.07. The van der Waals surface area contributed by atoms with E-state index < -0.39 is 10.8 Å². The van der Waals surface area contributed by atoms with Crippen molar-refractivity contribution in [3.63, 3.8) is 0 Å². The second kappa shape index (κ2) is 7.46. The lowest BCUT2D eigenvalue weighted by Gasteiger charge is -2.07. The Morgan fingerprint density at radius 1 is 1.23 bits per heavy atom. The molecule has 0 saturated carbocycles. The minimum atomic E-state index is -0.478. The molecule has 0 radical (unpaired) electrons. The fourth-order valence-electron chi connectivity index (χ4n) is 2.14. The number of nitrogens with one attached hydrogen (secondary N) is 1. The Labute approximate surface area is 156 Å². The molecule has 0 saturated heterocycles. The second-order valence-electron chi connectivity index (χ2n) is 5.02. The maximum atomic E-state index is 12.4.